The second-order valence-corrected chi connectivity index (χ2v) is 19.5. The van der Waals surface area contributed by atoms with E-state index in [1.54, 1.807) is 53.3 Å². The van der Waals surface area contributed by atoms with E-state index >= 15 is 0 Å². The van der Waals surface area contributed by atoms with Crippen molar-refractivity contribution in [2.45, 2.75) is 13.7 Å². The summed E-state index contributed by atoms with van der Waals surface area (Å²) in [5.74, 6) is 0.162. The fraction of sp³-hybridized carbons (Fsp3) is 0.0294. The molecule has 14 rings (SSSR count). The third kappa shape index (κ3) is 7.61. The van der Waals surface area contributed by atoms with E-state index < -0.39 is 50.9 Å². The van der Waals surface area contributed by atoms with Gasteiger partial charge in [-0.1, -0.05) is 48.4 Å². The predicted molar refractivity (Wildman–Crippen MR) is 308 cm³/mol. The molecule has 0 saturated carbocycles. The van der Waals surface area contributed by atoms with Crippen molar-refractivity contribution in [3.8, 4) is 67.5 Å². The molecular formula is C68H46BN5OPt-2. The zero-order chi connectivity index (χ0) is 60.2. The van der Waals surface area contributed by atoms with Gasteiger partial charge in [-0.05, 0) is 11.5 Å². The fourth-order valence-corrected chi connectivity index (χ4v) is 11.9. The molecule has 1 aliphatic heterocycles. The number of imidazole rings is 1. The Hall–Kier alpha value is -9.03. The minimum atomic E-state index is -2.78. The van der Waals surface area contributed by atoms with Gasteiger partial charge in [-0.25, -0.2) is 0 Å². The van der Waals surface area contributed by atoms with Crippen molar-refractivity contribution >= 4 is 56.8 Å². The molecule has 8 heteroatoms. The number of rotatable bonds is 10. The van der Waals surface area contributed by atoms with Crippen LogP contribution in [0.5, 0.6) is 11.6 Å². The summed E-state index contributed by atoms with van der Waals surface area (Å²) < 4.78 is 111. The van der Waals surface area contributed by atoms with Gasteiger partial charge in [0.25, 0.3) is 0 Å². The average molecular weight is 1170 g/mol. The van der Waals surface area contributed by atoms with Crippen LogP contribution in [0.2, 0.25) is 0 Å². The van der Waals surface area contributed by atoms with Crippen molar-refractivity contribution in [1.82, 2.24) is 18.6 Å². The molecule has 0 unspecified atom stereocenters. The standard InChI is InChI=1S/C68H46BN5O.Pt/c1-46-35-37-50(38-36-46)56-28-17-29-57(51-41-39-49(40-42-51)48-19-6-3-7-20-48)66(56)72-45-71(61-32-14-15-33-62(61)72)54-25-16-26-55(44-54)75-68-65(52-21-8-4-9-22-52)47(2)43-64(70-68)73-63-34-18-30-59-58-27-12-13-31-60(58)74(67(59)63)69(73)53-23-10-5-11-24-53;/h3-33,35-43H,1-2H3;/q-2;/i1D3,2D3,5D,10D,11D,23D,24D;. The van der Waals surface area contributed by atoms with E-state index in [2.05, 4.69) is 89.2 Å². The van der Waals surface area contributed by atoms with Crippen LogP contribution in [0.25, 0.3) is 88.7 Å². The van der Waals surface area contributed by atoms with Crippen LogP contribution in [-0.2, 0) is 19.4 Å². The molecule has 0 atom stereocenters. The van der Waals surface area contributed by atoms with Gasteiger partial charge in [0.2, 0.25) is 0 Å². The zero-order valence-electron chi connectivity index (χ0n) is 51.2. The summed E-state index contributed by atoms with van der Waals surface area (Å²) in [6.07, 6.45) is 0. The van der Waals surface area contributed by atoms with Gasteiger partial charge in [0, 0.05) is 5.52 Å². The van der Waals surface area contributed by atoms with Gasteiger partial charge in [-0.15, -0.1) is 5.39 Å². The molecule has 0 N–H and O–H groups in total. The smallest absolute Gasteiger partial charge is 0.174 e. The SMILES string of the molecule is [2H]c1c([2H])c([2H])c(B2N(c3cc(C([2H])([2H])[2H])c(-c4ccccc4)c(Oc4[c-]c(-n5[c](=[Pt])n(-c6c(-c7ccc(-c8ccccc8)cc7)cccc6-c6ccc(C([2H])([2H])[2H])cc6)c6ccccc65)ccc4)n3)c3[c-]ccc4c5ccccc5n2c34)c([2H])c1[2H]. The number of fused-ring (bicyclic) bond motifs is 4. The van der Waals surface area contributed by atoms with Gasteiger partial charge in [0.15, 0.2) is 0 Å². The minimum Gasteiger partial charge on any atom is -0.174 e. The molecule has 10 aromatic carbocycles. The topological polar surface area (TPSA) is 40.1 Å². The fourth-order valence-electron chi connectivity index (χ4n) is 10.8. The van der Waals surface area contributed by atoms with Crippen molar-refractivity contribution in [3.63, 3.8) is 0 Å². The summed E-state index contributed by atoms with van der Waals surface area (Å²) in [6.45, 7) is -6.25. The Labute approximate surface area is 468 Å². The number of para-hydroxylation sites is 4. The summed E-state index contributed by atoms with van der Waals surface area (Å²) in [5.41, 5.74) is 11.4. The first kappa shape index (κ1) is 35.2. The van der Waals surface area contributed by atoms with Crippen LogP contribution in [0.3, 0.4) is 0 Å². The molecule has 6 nitrogen and oxygen atoms in total. The molecule has 0 saturated heterocycles. The van der Waals surface area contributed by atoms with E-state index in [4.69, 9.17) is 17.9 Å². The first-order chi connectivity index (χ1) is 42.0. The quantitative estimate of drug-likeness (QED) is 0.101. The summed E-state index contributed by atoms with van der Waals surface area (Å²) in [7, 11) is 0. The Balaban J connectivity index is 0.958. The summed E-state index contributed by atoms with van der Waals surface area (Å²) >= 11 is 2.33. The van der Waals surface area contributed by atoms with Gasteiger partial charge < -0.3 is 0 Å². The number of aryl methyl sites for hydroxylation is 2. The summed E-state index contributed by atoms with van der Waals surface area (Å²) in [4.78, 5) is 6.96. The minimum absolute atomic E-state index is 0.0471. The van der Waals surface area contributed by atoms with Gasteiger partial charge >= 0.3 is 380 Å². The molecule has 76 heavy (non-hydrogen) atoms. The molecule has 364 valence electrons. The monoisotopic (exact) mass is 1170 g/mol. The Kier molecular flexibility index (Phi) is 8.68. The molecule has 1 aliphatic rings. The second kappa shape index (κ2) is 18.7. The number of ether oxygens (including phenoxy) is 1. The number of hydrogen-bond donors (Lipinski definition) is 0. The molecule has 0 bridgehead atoms. The van der Waals surface area contributed by atoms with Crippen LogP contribution in [-0.4, -0.2) is 25.6 Å². The van der Waals surface area contributed by atoms with Gasteiger partial charge in [-0.3, -0.25) is 0 Å². The Bertz CT molecular complexity index is 4940. The van der Waals surface area contributed by atoms with Crippen LogP contribution >= 0.6 is 0 Å². The van der Waals surface area contributed by atoms with Crippen molar-refractivity contribution in [1.29, 1.82) is 0 Å². The summed E-state index contributed by atoms with van der Waals surface area (Å²) in [5, 5.41) is 1.68. The van der Waals surface area contributed by atoms with Crippen LogP contribution in [0, 0.1) is 29.6 Å². The van der Waals surface area contributed by atoms with Gasteiger partial charge in [0.1, 0.15) is 0 Å². The number of nitrogens with zero attached hydrogens (tertiary/aromatic N) is 5. The maximum atomic E-state index is 9.37. The normalized spacial score (nSPS) is 14.5. The van der Waals surface area contributed by atoms with Crippen molar-refractivity contribution in [3.05, 3.63) is 270 Å². The number of benzene rings is 10. The molecule has 0 amide bonds. The van der Waals surface area contributed by atoms with E-state index in [-0.39, 0.29) is 39.6 Å². The van der Waals surface area contributed by atoms with Gasteiger partial charge in [0.05, 0.1) is 6.85 Å². The predicted octanol–water partition coefficient (Wildman–Crippen LogP) is 16.1. The number of anilines is 2. The average Bonchev–Trinajstić information content (AvgIpc) is 1.56. The Morgan fingerprint density at radius 3 is 1.93 bits per heavy atom. The van der Waals surface area contributed by atoms with Crippen molar-refractivity contribution in [2.75, 3.05) is 4.81 Å². The zero-order valence-corrected chi connectivity index (χ0v) is 42.5. The third-order valence-corrected chi connectivity index (χ3v) is 15.1. The van der Waals surface area contributed by atoms with E-state index in [1.807, 2.05) is 114 Å². The van der Waals surface area contributed by atoms with Crippen LogP contribution in [0.4, 0.5) is 11.5 Å². The first-order valence-electron chi connectivity index (χ1n) is 30.1. The van der Waals surface area contributed by atoms with Crippen LogP contribution < -0.4 is 15.0 Å². The number of aromatic nitrogens is 4. The second-order valence-electron chi connectivity index (χ2n) is 18.5. The first-order valence-corrected chi connectivity index (χ1v) is 25.8. The van der Waals surface area contributed by atoms with E-state index in [0.29, 0.717) is 28.0 Å². The summed E-state index contributed by atoms with van der Waals surface area (Å²) in [6, 6.07) is 71.6. The van der Waals surface area contributed by atoms with E-state index in [0.717, 1.165) is 64.7 Å². The Morgan fingerprint density at radius 1 is 0.579 bits per heavy atom. The molecule has 13 aromatic rings. The maximum absolute atomic E-state index is 9.37. The number of hydrogen-bond acceptors (Lipinski definition) is 3. The van der Waals surface area contributed by atoms with Crippen LogP contribution in [0.1, 0.15) is 26.2 Å². The molecule has 0 radical (unpaired) electrons. The van der Waals surface area contributed by atoms with E-state index in [1.165, 1.54) is 6.07 Å². The van der Waals surface area contributed by atoms with Crippen molar-refractivity contribution < 1.29 is 39.2 Å². The molecule has 3 aromatic heterocycles. The van der Waals surface area contributed by atoms with Crippen LogP contribution in [0.15, 0.2) is 243 Å². The van der Waals surface area contributed by atoms with Crippen molar-refractivity contribution in [2.24, 2.45) is 0 Å². The van der Waals surface area contributed by atoms with E-state index in [9.17, 15) is 6.85 Å². The Morgan fingerprint density at radius 2 is 1.21 bits per heavy atom. The number of pyridine rings is 1. The molecule has 0 spiro atoms. The third-order valence-electron chi connectivity index (χ3n) is 14.1. The molecule has 0 fully saturated rings. The molecular weight excluding hydrogens is 1110 g/mol. The molecule has 0 aliphatic carbocycles. The molecule has 4 heterocycles. The van der Waals surface area contributed by atoms with Gasteiger partial charge in [-0.2, -0.15) is 12.1 Å².